The number of aliphatic hydroxyl groups excluding tert-OH is 1. The van der Waals surface area contributed by atoms with Gasteiger partial charge in [-0.3, -0.25) is 0 Å². The van der Waals surface area contributed by atoms with E-state index >= 15 is 0 Å². The number of rotatable bonds is 0. The molecule has 1 saturated carbocycles. The molecule has 0 aromatic rings. The molecule has 10 heavy (non-hydrogen) atoms. The van der Waals surface area contributed by atoms with Crippen molar-refractivity contribution in [2.45, 2.75) is 32.0 Å². The van der Waals surface area contributed by atoms with Crippen molar-refractivity contribution in [3.8, 4) is 0 Å². The summed E-state index contributed by atoms with van der Waals surface area (Å²) in [5.74, 6) is 1.14. The summed E-state index contributed by atoms with van der Waals surface area (Å²) in [6, 6.07) is 0. The first-order valence-corrected chi connectivity index (χ1v) is 4.17. The van der Waals surface area contributed by atoms with Gasteiger partial charge in [-0.15, -0.1) is 0 Å². The molecule has 0 amide bonds. The Bertz CT molecular complexity index is 122. The molecule has 0 bridgehead atoms. The largest absolute Gasteiger partial charge is 0.368 e. The van der Waals surface area contributed by atoms with E-state index in [4.69, 9.17) is 4.74 Å². The molecule has 58 valence electrons. The first kappa shape index (κ1) is 6.62. The summed E-state index contributed by atoms with van der Waals surface area (Å²) in [5.41, 5.74) is 0. The van der Waals surface area contributed by atoms with Gasteiger partial charge in [-0.05, 0) is 18.8 Å². The van der Waals surface area contributed by atoms with E-state index in [0.717, 1.165) is 6.61 Å². The molecule has 0 spiro atoms. The van der Waals surface area contributed by atoms with Gasteiger partial charge in [-0.1, -0.05) is 12.8 Å². The third-order valence-corrected chi connectivity index (χ3v) is 2.82. The Morgan fingerprint density at radius 1 is 1.20 bits per heavy atom. The average molecular weight is 142 g/mol. The number of hydrogen-bond acceptors (Lipinski definition) is 2. The number of ether oxygens (including phenoxy) is 1. The van der Waals surface area contributed by atoms with Crippen LogP contribution < -0.4 is 0 Å². The Morgan fingerprint density at radius 3 is 2.80 bits per heavy atom. The molecule has 1 unspecified atom stereocenters. The number of aliphatic hydroxyl groups is 1. The van der Waals surface area contributed by atoms with E-state index < -0.39 is 6.29 Å². The highest BCUT2D eigenvalue weighted by Gasteiger charge is 2.37. The first-order chi connectivity index (χ1) is 4.88. The van der Waals surface area contributed by atoms with Gasteiger partial charge < -0.3 is 9.84 Å². The van der Waals surface area contributed by atoms with Crippen LogP contribution in [-0.4, -0.2) is 18.0 Å². The van der Waals surface area contributed by atoms with Crippen molar-refractivity contribution in [1.29, 1.82) is 0 Å². The van der Waals surface area contributed by atoms with E-state index in [1.54, 1.807) is 0 Å². The summed E-state index contributed by atoms with van der Waals surface area (Å²) in [4.78, 5) is 0. The summed E-state index contributed by atoms with van der Waals surface area (Å²) in [6.07, 6.45) is 4.61. The molecule has 2 heteroatoms. The quantitative estimate of drug-likeness (QED) is 0.549. The van der Waals surface area contributed by atoms with Crippen LogP contribution in [0.4, 0.5) is 0 Å². The lowest BCUT2D eigenvalue weighted by atomic mass is 9.81. The monoisotopic (exact) mass is 142 g/mol. The molecule has 2 rings (SSSR count). The smallest absolute Gasteiger partial charge is 0.157 e. The first-order valence-electron chi connectivity index (χ1n) is 4.17. The molecule has 2 fully saturated rings. The minimum Gasteiger partial charge on any atom is -0.368 e. The van der Waals surface area contributed by atoms with Gasteiger partial charge in [0.25, 0.3) is 0 Å². The lowest BCUT2D eigenvalue weighted by molar-refractivity contribution is -0.0844. The zero-order valence-electron chi connectivity index (χ0n) is 6.12. The van der Waals surface area contributed by atoms with Crippen LogP contribution in [0.15, 0.2) is 0 Å². The Hall–Kier alpha value is -0.0800. The Balaban J connectivity index is 2.01. The van der Waals surface area contributed by atoms with Gasteiger partial charge in [0.2, 0.25) is 0 Å². The van der Waals surface area contributed by atoms with Crippen molar-refractivity contribution in [2.75, 3.05) is 6.61 Å². The summed E-state index contributed by atoms with van der Waals surface area (Å²) >= 11 is 0. The van der Waals surface area contributed by atoms with Crippen LogP contribution in [0.2, 0.25) is 0 Å². The molecule has 2 nitrogen and oxygen atoms in total. The molecule has 0 aromatic heterocycles. The minimum atomic E-state index is -0.440. The van der Waals surface area contributed by atoms with Gasteiger partial charge in [-0.25, -0.2) is 0 Å². The van der Waals surface area contributed by atoms with Gasteiger partial charge in [0.15, 0.2) is 6.29 Å². The second-order valence-electron chi connectivity index (χ2n) is 3.43. The molecule has 3 atom stereocenters. The van der Waals surface area contributed by atoms with Crippen molar-refractivity contribution in [1.82, 2.24) is 0 Å². The van der Waals surface area contributed by atoms with E-state index in [-0.39, 0.29) is 0 Å². The van der Waals surface area contributed by atoms with Crippen molar-refractivity contribution in [3.63, 3.8) is 0 Å². The highest BCUT2D eigenvalue weighted by atomic mass is 16.6. The highest BCUT2D eigenvalue weighted by molar-refractivity contribution is 4.81. The maximum Gasteiger partial charge on any atom is 0.157 e. The molecule has 1 N–H and O–H groups in total. The van der Waals surface area contributed by atoms with Crippen LogP contribution in [0, 0.1) is 11.8 Å². The predicted octanol–water partition coefficient (Wildman–Crippen LogP) is 1.14. The normalized spacial score (nSPS) is 47.1. The minimum absolute atomic E-state index is 0.440. The maximum atomic E-state index is 9.30. The maximum absolute atomic E-state index is 9.30. The lowest BCUT2D eigenvalue weighted by Crippen LogP contribution is -2.22. The predicted molar refractivity (Wildman–Crippen MR) is 37.4 cm³/mol. The second kappa shape index (κ2) is 2.51. The van der Waals surface area contributed by atoms with E-state index in [2.05, 4.69) is 0 Å². The number of hydrogen-bond donors (Lipinski definition) is 1. The molecule has 0 radical (unpaired) electrons. The molecule has 1 saturated heterocycles. The zero-order valence-corrected chi connectivity index (χ0v) is 6.12. The number of fused-ring (bicyclic) bond motifs is 1. The third kappa shape index (κ3) is 0.956. The van der Waals surface area contributed by atoms with Crippen LogP contribution in [0.5, 0.6) is 0 Å². The van der Waals surface area contributed by atoms with Gasteiger partial charge in [0.05, 0.1) is 6.61 Å². The second-order valence-corrected chi connectivity index (χ2v) is 3.43. The molecule has 1 heterocycles. The molecular formula is C8H14O2. The van der Waals surface area contributed by atoms with Crippen LogP contribution in [-0.2, 0) is 4.74 Å². The van der Waals surface area contributed by atoms with Gasteiger partial charge in [-0.2, -0.15) is 0 Å². The fraction of sp³-hybridized carbons (Fsp3) is 1.00. The topological polar surface area (TPSA) is 29.5 Å². The van der Waals surface area contributed by atoms with Gasteiger partial charge >= 0.3 is 0 Å². The van der Waals surface area contributed by atoms with Crippen molar-refractivity contribution in [2.24, 2.45) is 11.8 Å². The summed E-state index contributed by atoms with van der Waals surface area (Å²) < 4.78 is 5.16. The SMILES string of the molecule is OC1OC[C@@H]2CCCC[C@@H]12. The van der Waals surface area contributed by atoms with Gasteiger partial charge in [0.1, 0.15) is 0 Å². The van der Waals surface area contributed by atoms with E-state index in [1.165, 1.54) is 25.7 Å². The Labute approximate surface area is 61.2 Å². The molecule has 0 aromatic carbocycles. The van der Waals surface area contributed by atoms with Crippen LogP contribution >= 0.6 is 0 Å². The Kier molecular flexibility index (Phi) is 1.66. The fourth-order valence-corrected chi connectivity index (χ4v) is 2.16. The third-order valence-electron chi connectivity index (χ3n) is 2.82. The van der Waals surface area contributed by atoms with Crippen molar-refractivity contribution >= 4 is 0 Å². The molecular weight excluding hydrogens is 128 g/mol. The molecule has 1 aliphatic carbocycles. The summed E-state index contributed by atoms with van der Waals surface area (Å²) in [5, 5.41) is 9.30. The van der Waals surface area contributed by atoms with Crippen LogP contribution in [0.3, 0.4) is 0 Å². The van der Waals surface area contributed by atoms with E-state index in [9.17, 15) is 5.11 Å². The van der Waals surface area contributed by atoms with Crippen molar-refractivity contribution in [3.05, 3.63) is 0 Å². The standard InChI is InChI=1S/C8H14O2/c9-8-7-4-2-1-3-6(7)5-10-8/h6-9H,1-5H2/t6-,7+,8?/m0/s1. The summed E-state index contributed by atoms with van der Waals surface area (Å²) in [6.45, 7) is 0.797. The lowest BCUT2D eigenvalue weighted by Gasteiger charge is -2.24. The highest BCUT2D eigenvalue weighted by Crippen LogP contribution is 2.37. The van der Waals surface area contributed by atoms with Crippen molar-refractivity contribution < 1.29 is 9.84 Å². The van der Waals surface area contributed by atoms with Gasteiger partial charge in [0, 0.05) is 5.92 Å². The summed E-state index contributed by atoms with van der Waals surface area (Å²) in [7, 11) is 0. The molecule has 2 aliphatic rings. The zero-order chi connectivity index (χ0) is 6.97. The molecule has 1 aliphatic heterocycles. The fourth-order valence-electron chi connectivity index (χ4n) is 2.16. The van der Waals surface area contributed by atoms with E-state index in [1.807, 2.05) is 0 Å². The Morgan fingerprint density at radius 2 is 2.00 bits per heavy atom. The van der Waals surface area contributed by atoms with Crippen LogP contribution in [0.1, 0.15) is 25.7 Å². The van der Waals surface area contributed by atoms with E-state index in [0.29, 0.717) is 11.8 Å². The van der Waals surface area contributed by atoms with Crippen LogP contribution in [0.25, 0.3) is 0 Å². The average Bonchev–Trinajstić information content (AvgIpc) is 2.34.